The lowest BCUT2D eigenvalue weighted by atomic mass is 10.3. The monoisotopic (exact) mass is 357 g/mol. The first kappa shape index (κ1) is 20.2. The first-order valence-corrected chi connectivity index (χ1v) is 7.60. The molecule has 0 saturated heterocycles. The van der Waals surface area contributed by atoms with Crippen LogP contribution >= 0.6 is 12.4 Å². The normalized spacial score (nSPS) is 11.9. The van der Waals surface area contributed by atoms with Gasteiger partial charge in [0.15, 0.2) is 23.9 Å². The average Bonchev–Trinajstić information content (AvgIpc) is 2.95. The van der Waals surface area contributed by atoms with Crippen molar-refractivity contribution in [2.45, 2.75) is 39.5 Å². The highest BCUT2D eigenvalue weighted by Gasteiger charge is 2.11. The minimum atomic E-state index is -0.593. The van der Waals surface area contributed by atoms with Gasteiger partial charge in [-0.25, -0.2) is 0 Å². The van der Waals surface area contributed by atoms with Gasteiger partial charge in [0, 0.05) is 12.6 Å². The number of nitrogens with zero attached hydrogens (tertiary/aromatic N) is 2. The Morgan fingerprint density at radius 1 is 1.21 bits per heavy atom. The predicted molar refractivity (Wildman–Crippen MR) is 91.7 cm³/mol. The van der Waals surface area contributed by atoms with Crippen molar-refractivity contribution < 1.29 is 19.1 Å². The van der Waals surface area contributed by atoms with E-state index in [1.165, 1.54) is 0 Å². The molecule has 0 aliphatic carbocycles. The number of hydrogen-bond donors (Lipinski definition) is 2. The molecule has 1 unspecified atom stereocenters. The average molecular weight is 358 g/mol. The second kappa shape index (κ2) is 10.1. The van der Waals surface area contributed by atoms with Crippen molar-refractivity contribution in [3.8, 4) is 11.5 Å². The van der Waals surface area contributed by atoms with Crippen molar-refractivity contribution >= 4 is 12.4 Å². The predicted octanol–water partition coefficient (Wildman–Crippen LogP) is 2.12. The molecule has 0 bridgehead atoms. The van der Waals surface area contributed by atoms with Gasteiger partial charge in [-0.05, 0) is 19.1 Å². The van der Waals surface area contributed by atoms with Crippen molar-refractivity contribution in [2.24, 2.45) is 0 Å². The quantitative estimate of drug-likeness (QED) is 0.710. The minimum absolute atomic E-state index is 0. The van der Waals surface area contributed by atoms with E-state index in [0.717, 1.165) is 0 Å². The van der Waals surface area contributed by atoms with Crippen LogP contribution in [0.5, 0.6) is 11.5 Å². The van der Waals surface area contributed by atoms with E-state index in [1.54, 1.807) is 19.1 Å². The Bertz CT molecular complexity index is 607. The molecule has 2 N–H and O–H groups in total. The molecule has 2 rings (SSSR count). The zero-order valence-electron chi connectivity index (χ0n) is 14.1. The summed E-state index contributed by atoms with van der Waals surface area (Å²) in [7, 11) is 0. The summed E-state index contributed by atoms with van der Waals surface area (Å²) in [6.45, 7) is 6.61. The molecule has 0 amide bonds. The Morgan fingerprint density at radius 3 is 2.46 bits per heavy atom. The molecule has 0 aliphatic rings. The van der Waals surface area contributed by atoms with Crippen LogP contribution in [0.3, 0.4) is 0 Å². The van der Waals surface area contributed by atoms with Gasteiger partial charge >= 0.3 is 0 Å². The molecule has 1 heterocycles. The van der Waals surface area contributed by atoms with Crippen LogP contribution in [0.2, 0.25) is 0 Å². The first-order valence-electron chi connectivity index (χ1n) is 7.60. The highest BCUT2D eigenvalue weighted by atomic mass is 35.5. The van der Waals surface area contributed by atoms with Gasteiger partial charge in [-0.15, -0.1) is 12.4 Å². The third kappa shape index (κ3) is 6.74. The molecule has 0 saturated carbocycles. The molecule has 0 fully saturated rings. The fourth-order valence-corrected chi connectivity index (χ4v) is 1.84. The number of hydrogen-bond acceptors (Lipinski definition) is 7. The maximum absolute atomic E-state index is 9.90. The molecule has 1 aromatic carbocycles. The fraction of sp³-hybridized carbons (Fsp3) is 0.500. The van der Waals surface area contributed by atoms with Crippen LogP contribution in [0.15, 0.2) is 28.8 Å². The van der Waals surface area contributed by atoms with Gasteiger partial charge in [0.1, 0.15) is 12.7 Å². The second-order valence-electron chi connectivity index (χ2n) is 5.50. The van der Waals surface area contributed by atoms with Crippen molar-refractivity contribution in [2.75, 3.05) is 13.2 Å². The molecule has 1 atom stereocenters. The largest absolute Gasteiger partial charge is 0.487 e. The van der Waals surface area contributed by atoms with E-state index in [0.29, 0.717) is 35.8 Å². The molecule has 24 heavy (non-hydrogen) atoms. The van der Waals surface area contributed by atoms with Crippen molar-refractivity contribution in [1.29, 1.82) is 0 Å². The van der Waals surface area contributed by atoms with Gasteiger partial charge in [0.05, 0.1) is 0 Å². The molecule has 0 aliphatic heterocycles. The van der Waals surface area contributed by atoms with Gasteiger partial charge in [0.25, 0.3) is 5.89 Å². The SMILES string of the molecule is Cc1noc(COc2ccccc2OCC(O)CNC(C)C)n1.Cl. The van der Waals surface area contributed by atoms with Gasteiger partial charge in [0.2, 0.25) is 0 Å². The van der Waals surface area contributed by atoms with Gasteiger partial charge in [-0.1, -0.05) is 31.1 Å². The van der Waals surface area contributed by atoms with E-state index in [1.807, 2.05) is 26.0 Å². The summed E-state index contributed by atoms with van der Waals surface area (Å²) < 4.78 is 16.3. The van der Waals surface area contributed by atoms with Crippen LogP contribution in [-0.4, -0.2) is 40.5 Å². The number of rotatable bonds is 9. The van der Waals surface area contributed by atoms with E-state index in [4.69, 9.17) is 14.0 Å². The topological polar surface area (TPSA) is 89.6 Å². The molecular weight excluding hydrogens is 334 g/mol. The van der Waals surface area contributed by atoms with Crippen LogP contribution in [0.25, 0.3) is 0 Å². The highest BCUT2D eigenvalue weighted by molar-refractivity contribution is 5.85. The Morgan fingerprint density at radius 2 is 1.88 bits per heavy atom. The maximum atomic E-state index is 9.90. The zero-order valence-corrected chi connectivity index (χ0v) is 14.9. The summed E-state index contributed by atoms with van der Waals surface area (Å²) in [4.78, 5) is 4.08. The number of halogens is 1. The van der Waals surface area contributed by atoms with Crippen LogP contribution in [0.4, 0.5) is 0 Å². The van der Waals surface area contributed by atoms with Crippen molar-refractivity contribution in [1.82, 2.24) is 15.5 Å². The summed E-state index contributed by atoms with van der Waals surface area (Å²) >= 11 is 0. The highest BCUT2D eigenvalue weighted by Crippen LogP contribution is 2.27. The summed E-state index contributed by atoms with van der Waals surface area (Å²) in [5.41, 5.74) is 0. The number of aliphatic hydroxyl groups excluding tert-OH is 1. The molecular formula is C16H24ClN3O4. The number of benzene rings is 1. The number of nitrogens with one attached hydrogen (secondary N) is 1. The Kier molecular flexibility index (Phi) is 8.53. The standard InChI is InChI=1S/C16H23N3O4.ClH/c1-11(2)17-8-13(20)9-21-14-6-4-5-7-15(14)22-10-16-18-12(3)19-23-16;/h4-7,11,13,17,20H,8-10H2,1-3H3;1H. The van der Waals surface area contributed by atoms with E-state index >= 15 is 0 Å². The second-order valence-corrected chi connectivity index (χ2v) is 5.50. The summed E-state index contributed by atoms with van der Waals surface area (Å²) in [5.74, 6) is 2.09. The van der Waals surface area contributed by atoms with Crippen LogP contribution in [-0.2, 0) is 6.61 Å². The third-order valence-corrected chi connectivity index (χ3v) is 2.96. The minimum Gasteiger partial charge on any atom is -0.487 e. The lowest BCUT2D eigenvalue weighted by Gasteiger charge is -2.16. The molecule has 134 valence electrons. The summed E-state index contributed by atoms with van der Waals surface area (Å²) in [6, 6.07) is 7.59. The summed E-state index contributed by atoms with van der Waals surface area (Å²) in [5, 5.41) is 16.8. The van der Waals surface area contributed by atoms with E-state index in [2.05, 4.69) is 15.5 Å². The maximum Gasteiger partial charge on any atom is 0.264 e. The van der Waals surface area contributed by atoms with Gasteiger partial charge in [-0.3, -0.25) is 0 Å². The fourth-order valence-electron chi connectivity index (χ4n) is 1.84. The number of aromatic nitrogens is 2. The lowest BCUT2D eigenvalue weighted by Crippen LogP contribution is -2.35. The van der Waals surface area contributed by atoms with Crippen LogP contribution in [0, 0.1) is 6.92 Å². The molecule has 0 spiro atoms. The smallest absolute Gasteiger partial charge is 0.264 e. The van der Waals surface area contributed by atoms with E-state index < -0.39 is 6.10 Å². The number of ether oxygens (including phenoxy) is 2. The van der Waals surface area contributed by atoms with E-state index in [9.17, 15) is 5.11 Å². The number of para-hydroxylation sites is 2. The Balaban J connectivity index is 0.00000288. The molecule has 8 heteroatoms. The van der Waals surface area contributed by atoms with Gasteiger partial charge in [-0.2, -0.15) is 4.98 Å². The van der Waals surface area contributed by atoms with E-state index in [-0.39, 0.29) is 25.6 Å². The van der Waals surface area contributed by atoms with Crippen LogP contribution in [0.1, 0.15) is 25.6 Å². The molecule has 7 nitrogen and oxygen atoms in total. The third-order valence-electron chi connectivity index (χ3n) is 2.96. The molecule has 1 aromatic heterocycles. The van der Waals surface area contributed by atoms with Crippen molar-refractivity contribution in [3.63, 3.8) is 0 Å². The molecule has 0 radical (unpaired) electrons. The van der Waals surface area contributed by atoms with Gasteiger partial charge < -0.3 is 24.4 Å². The van der Waals surface area contributed by atoms with Crippen LogP contribution < -0.4 is 14.8 Å². The lowest BCUT2D eigenvalue weighted by molar-refractivity contribution is 0.101. The number of aryl methyl sites for hydroxylation is 1. The summed E-state index contributed by atoms with van der Waals surface area (Å²) in [6.07, 6.45) is -0.593. The zero-order chi connectivity index (χ0) is 16.7. The number of aliphatic hydroxyl groups is 1. The molecule has 2 aromatic rings. The first-order chi connectivity index (χ1) is 11.0. The van der Waals surface area contributed by atoms with Crippen molar-refractivity contribution in [3.05, 3.63) is 36.0 Å². The Labute approximate surface area is 147 Å². The Hall–Kier alpha value is -1.83.